The van der Waals surface area contributed by atoms with Gasteiger partial charge in [-0.25, -0.2) is 9.13 Å². The Hall–Kier alpha value is -0.260. The van der Waals surface area contributed by atoms with Crippen LogP contribution in [0.1, 0.15) is 40.5 Å². The molecule has 0 bridgehead atoms. The van der Waals surface area contributed by atoms with Crippen molar-refractivity contribution in [3.63, 3.8) is 0 Å². The van der Waals surface area contributed by atoms with Gasteiger partial charge in [-0.2, -0.15) is 0 Å². The molecule has 1 aromatic carbocycles. The summed E-state index contributed by atoms with van der Waals surface area (Å²) in [6.45, 7) is 5.97. The van der Waals surface area contributed by atoms with Gasteiger partial charge in [-0.15, -0.1) is 0 Å². The Kier molecular flexibility index (Phi) is 9.79. The van der Waals surface area contributed by atoms with E-state index >= 15 is 0 Å². The van der Waals surface area contributed by atoms with Gasteiger partial charge in [0.15, 0.2) is 0 Å². The summed E-state index contributed by atoms with van der Waals surface area (Å²) in [5.41, 5.74) is -2.31. The first-order valence-corrected chi connectivity index (χ1v) is 14.5. The van der Waals surface area contributed by atoms with E-state index in [9.17, 15) is 17.5 Å². The lowest BCUT2D eigenvalue weighted by Gasteiger charge is -2.25. The summed E-state index contributed by atoms with van der Waals surface area (Å²) < 4.78 is 56.1. The molecule has 30 heavy (non-hydrogen) atoms. The number of phosphoric acid groups is 2. The van der Waals surface area contributed by atoms with Crippen LogP contribution in [0.25, 0.3) is 0 Å². The lowest BCUT2D eigenvalue weighted by Crippen LogP contribution is -2.25. The number of rotatable bonds is 12. The van der Waals surface area contributed by atoms with Crippen molar-refractivity contribution in [3.05, 3.63) is 24.3 Å². The van der Waals surface area contributed by atoms with E-state index in [0.717, 1.165) is 0 Å². The molecule has 0 aliphatic heterocycles. The fraction of sp³-hybridized carbons (Fsp3) is 0.625. The minimum atomic E-state index is -4.65. The third-order valence-corrected chi connectivity index (χ3v) is 8.07. The van der Waals surface area contributed by atoms with Crippen LogP contribution in [0.5, 0.6) is 0 Å². The molecule has 1 aromatic rings. The number of hydrogen-bond acceptors (Lipinski definition) is 6. The summed E-state index contributed by atoms with van der Waals surface area (Å²) in [4.78, 5) is 36.6. The molecule has 0 amide bonds. The zero-order chi connectivity index (χ0) is 23.4. The summed E-state index contributed by atoms with van der Waals surface area (Å²) in [6.07, 6.45) is 0.292. The molecule has 0 saturated heterocycles. The number of hydrogen-bond donors (Lipinski definition) is 4. The highest BCUT2D eigenvalue weighted by atomic mass is 32.2. The normalized spacial score (nSPS) is 15.7. The molecule has 0 radical (unpaired) electrons. The molecule has 0 aliphatic carbocycles. The van der Waals surface area contributed by atoms with E-state index in [0.29, 0.717) is 9.79 Å². The molecule has 0 aromatic heterocycles. The second-order valence-electron chi connectivity index (χ2n) is 7.75. The van der Waals surface area contributed by atoms with Crippen LogP contribution in [0.4, 0.5) is 0 Å². The van der Waals surface area contributed by atoms with Gasteiger partial charge >= 0.3 is 15.6 Å². The van der Waals surface area contributed by atoms with Gasteiger partial charge < -0.3 is 19.6 Å². The molecule has 14 heteroatoms. The van der Waals surface area contributed by atoms with Crippen molar-refractivity contribution in [1.82, 2.24) is 0 Å². The molecule has 2 unspecified atom stereocenters. The van der Waals surface area contributed by atoms with Crippen molar-refractivity contribution in [2.45, 2.75) is 61.5 Å². The van der Waals surface area contributed by atoms with Crippen molar-refractivity contribution in [1.29, 1.82) is 0 Å². The highest BCUT2D eigenvalue weighted by molar-refractivity contribution is 7.85. The Morgan fingerprint density at radius 1 is 0.733 bits per heavy atom. The summed E-state index contributed by atoms with van der Waals surface area (Å²) in [6, 6.07) is 6.21. The van der Waals surface area contributed by atoms with Gasteiger partial charge in [-0.1, -0.05) is 0 Å². The van der Waals surface area contributed by atoms with E-state index in [1.165, 1.54) is 27.7 Å². The van der Waals surface area contributed by atoms with E-state index < -0.39 is 48.4 Å². The van der Waals surface area contributed by atoms with Crippen LogP contribution in [0.15, 0.2) is 34.1 Å². The Morgan fingerprint density at radius 2 is 1.00 bits per heavy atom. The maximum atomic E-state index is 12.4. The third-order valence-electron chi connectivity index (χ3n) is 3.86. The molecular weight excluding hydrogens is 478 g/mol. The second kappa shape index (κ2) is 10.6. The van der Waals surface area contributed by atoms with Crippen LogP contribution in [0.2, 0.25) is 0 Å². The number of phosphoric ester groups is 2. The zero-order valence-corrected chi connectivity index (χ0v) is 20.5. The molecule has 0 aliphatic rings. The SMILES string of the molecule is CC(C)(CCS(=O)c1ccc(S(=O)CCC(C)(C)OP(=O)(O)O)cc1)OP(=O)(O)O. The van der Waals surface area contributed by atoms with Crippen LogP contribution in [0, 0.1) is 0 Å². The lowest BCUT2D eigenvalue weighted by atomic mass is 10.1. The monoisotopic (exact) mass is 506 g/mol. The molecule has 1 rings (SSSR count). The van der Waals surface area contributed by atoms with Gasteiger partial charge in [0.2, 0.25) is 0 Å². The minimum absolute atomic E-state index is 0.114. The summed E-state index contributed by atoms with van der Waals surface area (Å²) in [5.74, 6) is 0.229. The highest BCUT2D eigenvalue weighted by Crippen LogP contribution is 2.43. The average Bonchev–Trinajstić information content (AvgIpc) is 2.53. The van der Waals surface area contributed by atoms with Crippen molar-refractivity contribution in [2.75, 3.05) is 11.5 Å². The summed E-state index contributed by atoms with van der Waals surface area (Å²) in [7, 11) is -12.2. The standard InChI is InChI=1S/C16H28O10P2S2/c1-15(2,25-27(17,18)19)9-11-29(23)13-5-7-14(8-6-13)30(24)12-10-16(3,4)26-28(20,21)22/h5-8H,9-12H2,1-4H3,(H2,17,18,19)(H2,20,21,22). The zero-order valence-electron chi connectivity index (χ0n) is 17.1. The van der Waals surface area contributed by atoms with E-state index in [2.05, 4.69) is 9.05 Å². The molecule has 10 nitrogen and oxygen atoms in total. The maximum absolute atomic E-state index is 12.4. The molecule has 174 valence electrons. The van der Waals surface area contributed by atoms with Crippen LogP contribution < -0.4 is 0 Å². The van der Waals surface area contributed by atoms with Gasteiger partial charge in [0.25, 0.3) is 0 Å². The molecule has 0 fully saturated rings. The quantitative estimate of drug-likeness (QED) is 0.309. The average molecular weight is 506 g/mol. The van der Waals surface area contributed by atoms with Gasteiger partial charge in [0, 0.05) is 21.3 Å². The molecule has 4 N–H and O–H groups in total. The summed E-state index contributed by atoms with van der Waals surface area (Å²) >= 11 is 0. The summed E-state index contributed by atoms with van der Waals surface area (Å²) in [5, 5.41) is 0. The van der Waals surface area contributed by atoms with Gasteiger partial charge in [0.05, 0.1) is 32.8 Å². The fourth-order valence-electron chi connectivity index (χ4n) is 2.39. The van der Waals surface area contributed by atoms with Crippen molar-refractivity contribution >= 4 is 37.2 Å². The first-order chi connectivity index (χ1) is 13.4. The predicted molar refractivity (Wildman–Crippen MR) is 113 cm³/mol. The first-order valence-electron chi connectivity index (χ1n) is 8.79. The van der Waals surface area contributed by atoms with Crippen LogP contribution in [-0.2, 0) is 39.8 Å². The van der Waals surface area contributed by atoms with Crippen LogP contribution >= 0.6 is 15.6 Å². The Bertz CT molecular complexity index is 786. The van der Waals surface area contributed by atoms with E-state index in [1.807, 2.05) is 0 Å². The van der Waals surface area contributed by atoms with Gasteiger partial charge in [-0.05, 0) is 64.8 Å². The van der Waals surface area contributed by atoms with Crippen molar-refractivity contribution in [3.8, 4) is 0 Å². The Morgan fingerprint density at radius 3 is 1.23 bits per heavy atom. The second-order valence-corrected chi connectivity index (χ2v) is 13.2. The molecule has 2 atom stereocenters. The third kappa shape index (κ3) is 11.4. The lowest BCUT2D eigenvalue weighted by molar-refractivity contribution is 0.0614. The van der Waals surface area contributed by atoms with Gasteiger partial charge in [0.1, 0.15) is 0 Å². The minimum Gasteiger partial charge on any atom is -0.303 e. The number of benzene rings is 1. The largest absolute Gasteiger partial charge is 0.470 e. The smallest absolute Gasteiger partial charge is 0.303 e. The Labute approximate surface area is 180 Å². The van der Waals surface area contributed by atoms with Crippen molar-refractivity contribution < 1.29 is 46.2 Å². The highest BCUT2D eigenvalue weighted by Gasteiger charge is 2.30. The Balaban J connectivity index is 2.65. The fourth-order valence-corrected chi connectivity index (χ4v) is 6.57. The topological polar surface area (TPSA) is 168 Å². The van der Waals surface area contributed by atoms with Gasteiger partial charge in [-0.3, -0.25) is 17.5 Å². The van der Waals surface area contributed by atoms with Crippen molar-refractivity contribution in [2.24, 2.45) is 0 Å². The molecule has 0 saturated carbocycles. The van der Waals surface area contributed by atoms with E-state index in [-0.39, 0.29) is 24.3 Å². The maximum Gasteiger partial charge on any atom is 0.470 e. The van der Waals surface area contributed by atoms with Crippen LogP contribution in [-0.4, -0.2) is 50.7 Å². The molecule has 0 heterocycles. The molecule has 0 spiro atoms. The van der Waals surface area contributed by atoms with Crippen LogP contribution in [0.3, 0.4) is 0 Å². The molecular formula is C16H28O10P2S2. The predicted octanol–water partition coefficient (Wildman–Crippen LogP) is 2.46. The van der Waals surface area contributed by atoms with E-state index in [4.69, 9.17) is 19.6 Å². The van der Waals surface area contributed by atoms with E-state index in [1.54, 1.807) is 24.3 Å². The first kappa shape index (κ1) is 27.8.